The Labute approximate surface area is 156 Å². The molecule has 0 heterocycles. The lowest BCUT2D eigenvalue weighted by Gasteiger charge is -2.29. The lowest BCUT2D eigenvalue weighted by molar-refractivity contribution is -0.140. The number of carbonyl (C=O) groups excluding carboxylic acids is 2. The molecule has 2 aromatic rings. The molecule has 0 aliphatic rings. The van der Waals surface area contributed by atoms with Crippen LogP contribution >= 0.6 is 0 Å². The fourth-order valence-electron chi connectivity index (χ4n) is 3.01. The van der Waals surface area contributed by atoms with E-state index in [2.05, 4.69) is 11.4 Å². The van der Waals surface area contributed by atoms with E-state index in [0.29, 0.717) is 13.1 Å². The van der Waals surface area contributed by atoms with Crippen LogP contribution in [0.2, 0.25) is 0 Å². The Balaban J connectivity index is 2.23. The van der Waals surface area contributed by atoms with Crippen LogP contribution in [0.5, 0.6) is 0 Å². The van der Waals surface area contributed by atoms with E-state index in [9.17, 15) is 9.59 Å². The molecule has 2 rings (SSSR count). The van der Waals surface area contributed by atoms with Crippen LogP contribution in [-0.4, -0.2) is 29.3 Å². The minimum absolute atomic E-state index is 0.0455. The van der Waals surface area contributed by atoms with Crippen molar-refractivity contribution in [1.29, 1.82) is 0 Å². The molecule has 0 unspecified atom stereocenters. The van der Waals surface area contributed by atoms with Crippen LogP contribution in [0.3, 0.4) is 0 Å². The fraction of sp³-hybridized carbons (Fsp3) is 0.364. The van der Waals surface area contributed by atoms with Crippen molar-refractivity contribution in [1.82, 2.24) is 10.2 Å². The highest BCUT2D eigenvalue weighted by atomic mass is 16.2. The van der Waals surface area contributed by atoms with Gasteiger partial charge in [0.25, 0.3) is 0 Å². The van der Waals surface area contributed by atoms with Gasteiger partial charge in [-0.05, 0) is 38.8 Å². The van der Waals surface area contributed by atoms with Crippen LogP contribution in [-0.2, 0) is 22.6 Å². The third-order valence-electron chi connectivity index (χ3n) is 4.39. The van der Waals surface area contributed by atoms with Gasteiger partial charge in [0, 0.05) is 13.1 Å². The average Bonchev–Trinajstić information content (AvgIpc) is 2.59. The molecule has 0 saturated heterocycles. The first-order valence-electron chi connectivity index (χ1n) is 9.09. The number of carbonyl (C=O) groups is 2. The van der Waals surface area contributed by atoms with Gasteiger partial charge in [-0.1, -0.05) is 59.7 Å². The predicted molar refractivity (Wildman–Crippen MR) is 105 cm³/mol. The van der Waals surface area contributed by atoms with E-state index >= 15 is 0 Å². The highest BCUT2D eigenvalue weighted by molar-refractivity contribution is 5.88. The highest BCUT2D eigenvalue weighted by Crippen LogP contribution is 2.14. The standard InChI is InChI=1S/C22H28N2O2/c1-5-23-22(26)18(4)24(15-20-11-7-9-17(3)13-20)21(25)14-19-10-6-8-16(2)12-19/h6-13,18H,5,14-15H2,1-4H3,(H,23,26)/t18-/m1/s1. The van der Waals surface area contributed by atoms with E-state index in [1.807, 2.05) is 63.2 Å². The molecule has 26 heavy (non-hydrogen) atoms. The Morgan fingerprint density at radius 3 is 2.15 bits per heavy atom. The summed E-state index contributed by atoms with van der Waals surface area (Å²) in [5.41, 5.74) is 4.25. The molecular weight excluding hydrogens is 324 g/mol. The van der Waals surface area contributed by atoms with Crippen molar-refractivity contribution in [2.75, 3.05) is 6.54 Å². The Bertz CT molecular complexity index is 770. The summed E-state index contributed by atoms with van der Waals surface area (Å²) in [7, 11) is 0. The maximum atomic E-state index is 13.0. The number of nitrogens with zero attached hydrogens (tertiary/aromatic N) is 1. The molecule has 1 atom stereocenters. The SMILES string of the molecule is CCNC(=O)[C@@H](C)N(Cc1cccc(C)c1)C(=O)Cc1cccc(C)c1. The lowest BCUT2D eigenvalue weighted by atomic mass is 10.1. The smallest absolute Gasteiger partial charge is 0.242 e. The maximum Gasteiger partial charge on any atom is 0.242 e. The summed E-state index contributed by atoms with van der Waals surface area (Å²) in [5.74, 6) is -0.173. The number of aryl methyl sites for hydroxylation is 2. The lowest BCUT2D eigenvalue weighted by Crippen LogP contribution is -2.48. The Morgan fingerprint density at radius 1 is 1.00 bits per heavy atom. The summed E-state index contributed by atoms with van der Waals surface area (Å²) in [6.07, 6.45) is 0.289. The molecular formula is C22H28N2O2. The molecule has 0 aromatic heterocycles. The van der Waals surface area contributed by atoms with Crippen molar-refractivity contribution in [3.8, 4) is 0 Å². The minimum Gasteiger partial charge on any atom is -0.355 e. The third-order valence-corrected chi connectivity index (χ3v) is 4.39. The molecule has 4 heteroatoms. The van der Waals surface area contributed by atoms with Crippen molar-refractivity contribution in [3.05, 3.63) is 70.8 Å². The van der Waals surface area contributed by atoms with Gasteiger partial charge in [-0.25, -0.2) is 0 Å². The zero-order valence-electron chi connectivity index (χ0n) is 16.1. The van der Waals surface area contributed by atoms with Crippen molar-refractivity contribution in [2.45, 2.75) is 46.7 Å². The van der Waals surface area contributed by atoms with Gasteiger partial charge in [0.2, 0.25) is 11.8 Å². The molecule has 138 valence electrons. The molecule has 0 spiro atoms. The normalized spacial score (nSPS) is 11.7. The van der Waals surface area contributed by atoms with Crippen LogP contribution in [0, 0.1) is 13.8 Å². The quantitative estimate of drug-likeness (QED) is 0.830. The highest BCUT2D eigenvalue weighted by Gasteiger charge is 2.25. The van der Waals surface area contributed by atoms with E-state index in [4.69, 9.17) is 0 Å². The molecule has 0 radical (unpaired) electrons. The molecule has 1 N–H and O–H groups in total. The third kappa shape index (κ3) is 5.45. The van der Waals surface area contributed by atoms with Gasteiger partial charge < -0.3 is 10.2 Å². The van der Waals surface area contributed by atoms with E-state index in [1.165, 1.54) is 0 Å². The summed E-state index contributed by atoms with van der Waals surface area (Å²) >= 11 is 0. The van der Waals surface area contributed by atoms with Crippen LogP contribution in [0.25, 0.3) is 0 Å². The molecule has 0 saturated carbocycles. The van der Waals surface area contributed by atoms with E-state index in [-0.39, 0.29) is 18.2 Å². The summed E-state index contributed by atoms with van der Waals surface area (Å²) < 4.78 is 0. The van der Waals surface area contributed by atoms with E-state index < -0.39 is 6.04 Å². The van der Waals surface area contributed by atoms with Crippen molar-refractivity contribution >= 4 is 11.8 Å². The molecule has 2 aromatic carbocycles. The van der Waals surface area contributed by atoms with E-state index in [1.54, 1.807) is 11.8 Å². The van der Waals surface area contributed by atoms with Gasteiger partial charge in [-0.15, -0.1) is 0 Å². The number of rotatable bonds is 7. The Morgan fingerprint density at radius 2 is 1.58 bits per heavy atom. The molecule has 0 fully saturated rings. The summed E-state index contributed by atoms with van der Waals surface area (Å²) in [4.78, 5) is 27.0. The number of nitrogens with one attached hydrogen (secondary N) is 1. The predicted octanol–water partition coefficient (Wildman–Crippen LogP) is 3.40. The van der Waals surface area contributed by atoms with Crippen molar-refractivity contribution < 1.29 is 9.59 Å². The number of hydrogen-bond acceptors (Lipinski definition) is 2. The van der Waals surface area contributed by atoms with Gasteiger partial charge >= 0.3 is 0 Å². The monoisotopic (exact) mass is 352 g/mol. The van der Waals surface area contributed by atoms with Gasteiger partial charge in [0.15, 0.2) is 0 Å². The number of hydrogen-bond donors (Lipinski definition) is 1. The summed E-state index contributed by atoms with van der Waals surface area (Å²) in [6, 6.07) is 15.5. The second-order valence-corrected chi connectivity index (χ2v) is 6.75. The average molecular weight is 352 g/mol. The first kappa shape index (κ1) is 19.7. The zero-order chi connectivity index (χ0) is 19.1. The van der Waals surface area contributed by atoms with E-state index in [0.717, 1.165) is 22.3 Å². The van der Waals surface area contributed by atoms with Crippen LogP contribution < -0.4 is 5.32 Å². The second kappa shape index (κ2) is 9.18. The van der Waals surface area contributed by atoms with Crippen LogP contribution in [0.15, 0.2) is 48.5 Å². The topological polar surface area (TPSA) is 49.4 Å². The first-order chi connectivity index (χ1) is 12.4. The van der Waals surface area contributed by atoms with Gasteiger partial charge in [0.1, 0.15) is 6.04 Å². The van der Waals surface area contributed by atoms with Crippen molar-refractivity contribution in [3.63, 3.8) is 0 Å². The second-order valence-electron chi connectivity index (χ2n) is 6.75. The van der Waals surface area contributed by atoms with Gasteiger partial charge in [-0.3, -0.25) is 9.59 Å². The van der Waals surface area contributed by atoms with Crippen molar-refractivity contribution in [2.24, 2.45) is 0 Å². The largest absolute Gasteiger partial charge is 0.355 e. The number of likely N-dealkylation sites (N-methyl/N-ethyl adjacent to an activating group) is 1. The molecule has 0 aliphatic heterocycles. The summed E-state index contributed by atoms with van der Waals surface area (Å²) in [5, 5.41) is 2.82. The van der Waals surface area contributed by atoms with Crippen LogP contribution in [0.4, 0.5) is 0 Å². The molecule has 0 aliphatic carbocycles. The maximum absolute atomic E-state index is 13.0. The zero-order valence-corrected chi connectivity index (χ0v) is 16.1. The minimum atomic E-state index is -0.521. The summed E-state index contributed by atoms with van der Waals surface area (Å²) in [6.45, 7) is 8.67. The Hall–Kier alpha value is -2.62. The molecule has 4 nitrogen and oxygen atoms in total. The number of amides is 2. The van der Waals surface area contributed by atoms with Gasteiger partial charge in [0.05, 0.1) is 6.42 Å². The number of benzene rings is 2. The first-order valence-corrected chi connectivity index (χ1v) is 9.09. The van der Waals surface area contributed by atoms with Crippen LogP contribution in [0.1, 0.15) is 36.1 Å². The Kier molecular flexibility index (Phi) is 6.96. The molecule has 2 amide bonds. The fourth-order valence-corrected chi connectivity index (χ4v) is 3.01. The molecule has 0 bridgehead atoms. The van der Waals surface area contributed by atoms with Gasteiger partial charge in [-0.2, -0.15) is 0 Å².